The molecule has 1 aliphatic carbocycles. The first-order chi connectivity index (χ1) is 12.5. The molecule has 0 atom stereocenters. The van der Waals surface area contributed by atoms with Crippen LogP contribution in [0.25, 0.3) is 11.0 Å². The second-order valence-electron chi connectivity index (χ2n) is 7.04. The highest BCUT2D eigenvalue weighted by Gasteiger charge is 2.38. The molecule has 1 saturated carbocycles. The van der Waals surface area contributed by atoms with Crippen molar-refractivity contribution in [1.82, 2.24) is 14.5 Å². The summed E-state index contributed by atoms with van der Waals surface area (Å²) in [6.45, 7) is 1.29. The summed E-state index contributed by atoms with van der Waals surface area (Å²) in [6.07, 6.45) is -2.09. The highest BCUT2D eigenvalue weighted by Crippen LogP contribution is 2.43. The Morgan fingerprint density at radius 1 is 0.923 bits per heavy atom. The Labute approximate surface area is 148 Å². The lowest BCUT2D eigenvalue weighted by molar-refractivity contribution is -0.141. The molecule has 2 aromatic heterocycles. The fourth-order valence-electron chi connectivity index (χ4n) is 3.64. The van der Waals surface area contributed by atoms with E-state index in [2.05, 4.69) is 15.6 Å². The molecular weight excluding hydrogens is 341 g/mol. The van der Waals surface area contributed by atoms with E-state index >= 15 is 0 Å². The number of imidazole rings is 1. The minimum atomic E-state index is -4.42. The number of aromatic nitrogens is 3. The Balaban J connectivity index is 1.42. The molecule has 0 bridgehead atoms. The standard InChI is InChI=1S/C19H17F3N4/c20-19(21,22)16-6-3-7-17(24-16)25-10-13(11-25)26-15-5-2-1-4-14(15)23-18(26)12-8-9-12/h1-7,12-13H,8-11H2. The molecule has 3 heterocycles. The number of alkyl halides is 3. The Morgan fingerprint density at radius 2 is 1.69 bits per heavy atom. The van der Waals surface area contributed by atoms with Crippen LogP contribution in [0.3, 0.4) is 0 Å². The zero-order valence-corrected chi connectivity index (χ0v) is 13.9. The number of benzene rings is 1. The molecule has 0 unspecified atom stereocenters. The lowest BCUT2D eigenvalue weighted by Crippen LogP contribution is -2.48. The topological polar surface area (TPSA) is 34.0 Å². The number of hydrogen-bond acceptors (Lipinski definition) is 3. The first-order valence-electron chi connectivity index (χ1n) is 8.77. The van der Waals surface area contributed by atoms with Crippen LogP contribution in [0.5, 0.6) is 0 Å². The van der Waals surface area contributed by atoms with Gasteiger partial charge in [0.15, 0.2) is 0 Å². The van der Waals surface area contributed by atoms with E-state index in [1.807, 2.05) is 23.1 Å². The van der Waals surface area contributed by atoms with Crippen LogP contribution in [0.4, 0.5) is 19.0 Å². The van der Waals surface area contributed by atoms with Crippen molar-refractivity contribution in [2.45, 2.75) is 31.0 Å². The Hall–Kier alpha value is -2.57. The molecule has 4 nitrogen and oxygen atoms in total. The Kier molecular flexibility index (Phi) is 3.29. The molecule has 1 aliphatic heterocycles. The minimum absolute atomic E-state index is 0.217. The quantitative estimate of drug-likeness (QED) is 0.696. The van der Waals surface area contributed by atoms with Crippen molar-refractivity contribution in [2.75, 3.05) is 18.0 Å². The molecule has 0 amide bonds. The van der Waals surface area contributed by atoms with E-state index < -0.39 is 11.9 Å². The molecule has 5 rings (SSSR count). The van der Waals surface area contributed by atoms with Crippen molar-refractivity contribution in [3.05, 3.63) is 54.0 Å². The maximum Gasteiger partial charge on any atom is 0.433 e. The Morgan fingerprint density at radius 3 is 2.42 bits per heavy atom. The number of para-hydroxylation sites is 2. The van der Waals surface area contributed by atoms with Crippen LogP contribution in [0.2, 0.25) is 0 Å². The van der Waals surface area contributed by atoms with E-state index in [4.69, 9.17) is 4.98 Å². The Bertz CT molecular complexity index is 968. The summed E-state index contributed by atoms with van der Waals surface area (Å²) in [4.78, 5) is 10.5. The van der Waals surface area contributed by atoms with Crippen LogP contribution in [0.1, 0.15) is 36.3 Å². The summed E-state index contributed by atoms with van der Waals surface area (Å²) < 4.78 is 40.9. The van der Waals surface area contributed by atoms with Gasteiger partial charge in [-0.15, -0.1) is 0 Å². The number of fused-ring (bicyclic) bond motifs is 1. The van der Waals surface area contributed by atoms with Gasteiger partial charge in [0, 0.05) is 19.0 Å². The average Bonchev–Trinajstić information content (AvgIpc) is 3.35. The number of nitrogens with zero attached hydrogens (tertiary/aromatic N) is 4. The first-order valence-corrected chi connectivity index (χ1v) is 8.77. The van der Waals surface area contributed by atoms with Crippen molar-refractivity contribution in [2.24, 2.45) is 0 Å². The summed E-state index contributed by atoms with van der Waals surface area (Å²) in [6, 6.07) is 12.4. The van der Waals surface area contributed by atoms with Crippen LogP contribution in [-0.4, -0.2) is 27.6 Å². The molecule has 1 aromatic carbocycles. The number of rotatable bonds is 3. The van der Waals surface area contributed by atoms with Crippen molar-refractivity contribution in [3.63, 3.8) is 0 Å². The molecule has 7 heteroatoms. The maximum absolute atomic E-state index is 12.9. The fourth-order valence-corrected chi connectivity index (χ4v) is 3.64. The van der Waals surface area contributed by atoms with Gasteiger partial charge in [0.2, 0.25) is 0 Å². The van der Waals surface area contributed by atoms with Crippen molar-refractivity contribution in [3.8, 4) is 0 Å². The van der Waals surface area contributed by atoms with Crippen molar-refractivity contribution < 1.29 is 13.2 Å². The van der Waals surface area contributed by atoms with Gasteiger partial charge in [0.1, 0.15) is 17.3 Å². The van der Waals surface area contributed by atoms with Gasteiger partial charge in [-0.25, -0.2) is 9.97 Å². The predicted octanol–water partition coefficient (Wildman–Crippen LogP) is 4.39. The number of hydrogen-bond donors (Lipinski definition) is 0. The van der Waals surface area contributed by atoms with Crippen LogP contribution >= 0.6 is 0 Å². The fraction of sp³-hybridized carbons (Fsp3) is 0.368. The summed E-state index contributed by atoms with van der Waals surface area (Å²) >= 11 is 0. The molecule has 2 aliphatic rings. The predicted molar refractivity (Wildman–Crippen MR) is 92.2 cm³/mol. The van der Waals surface area contributed by atoms with Crippen molar-refractivity contribution in [1.29, 1.82) is 0 Å². The third-order valence-corrected chi connectivity index (χ3v) is 5.14. The van der Waals surface area contributed by atoms with Gasteiger partial charge >= 0.3 is 6.18 Å². The molecule has 1 saturated heterocycles. The number of halogens is 3. The molecule has 26 heavy (non-hydrogen) atoms. The first kappa shape index (κ1) is 15.7. The van der Waals surface area contributed by atoms with Gasteiger partial charge in [-0.05, 0) is 37.1 Å². The second-order valence-corrected chi connectivity index (χ2v) is 7.04. The monoisotopic (exact) mass is 358 g/mol. The maximum atomic E-state index is 12.9. The van der Waals surface area contributed by atoms with E-state index in [-0.39, 0.29) is 6.04 Å². The van der Waals surface area contributed by atoms with Crippen LogP contribution in [-0.2, 0) is 6.18 Å². The molecule has 2 fully saturated rings. The SMILES string of the molecule is FC(F)(F)c1cccc(N2CC(n3c(C4CC4)nc4ccccc43)C2)n1. The van der Waals surface area contributed by atoms with E-state index in [0.29, 0.717) is 24.8 Å². The lowest BCUT2D eigenvalue weighted by Gasteiger charge is -2.41. The van der Waals surface area contributed by atoms with Crippen LogP contribution in [0, 0.1) is 0 Å². The minimum Gasteiger partial charge on any atom is -0.352 e. The highest BCUT2D eigenvalue weighted by molar-refractivity contribution is 5.76. The van der Waals surface area contributed by atoms with E-state index in [9.17, 15) is 13.2 Å². The van der Waals surface area contributed by atoms with Crippen LogP contribution in [0.15, 0.2) is 42.5 Å². The number of anilines is 1. The average molecular weight is 358 g/mol. The van der Waals surface area contributed by atoms with Gasteiger partial charge in [-0.1, -0.05) is 18.2 Å². The lowest BCUT2D eigenvalue weighted by atomic mass is 10.1. The normalized spacial score (nSPS) is 18.3. The third kappa shape index (κ3) is 2.53. The molecule has 0 radical (unpaired) electrons. The summed E-state index contributed by atoms with van der Waals surface area (Å²) in [5.41, 5.74) is 1.26. The smallest absolute Gasteiger partial charge is 0.352 e. The third-order valence-electron chi connectivity index (χ3n) is 5.14. The van der Waals surface area contributed by atoms with E-state index in [1.54, 1.807) is 6.07 Å². The summed E-state index contributed by atoms with van der Waals surface area (Å²) in [7, 11) is 0. The van der Waals surface area contributed by atoms with Gasteiger partial charge < -0.3 is 9.47 Å². The molecular formula is C19H17F3N4. The van der Waals surface area contributed by atoms with Gasteiger partial charge in [-0.3, -0.25) is 0 Å². The zero-order valence-electron chi connectivity index (χ0n) is 13.9. The van der Waals surface area contributed by atoms with Gasteiger partial charge in [-0.2, -0.15) is 13.2 Å². The van der Waals surface area contributed by atoms with E-state index in [0.717, 1.165) is 35.8 Å². The van der Waals surface area contributed by atoms with E-state index in [1.165, 1.54) is 6.07 Å². The largest absolute Gasteiger partial charge is 0.433 e. The molecule has 0 N–H and O–H groups in total. The summed E-state index contributed by atoms with van der Waals surface area (Å²) in [5.74, 6) is 2.02. The molecule has 0 spiro atoms. The van der Waals surface area contributed by atoms with Crippen molar-refractivity contribution >= 4 is 16.9 Å². The van der Waals surface area contributed by atoms with Gasteiger partial charge in [0.05, 0.1) is 17.1 Å². The molecule has 3 aromatic rings. The summed E-state index contributed by atoms with van der Waals surface area (Å²) in [5, 5.41) is 0. The van der Waals surface area contributed by atoms with Crippen LogP contribution < -0.4 is 4.90 Å². The molecule has 134 valence electrons. The zero-order chi connectivity index (χ0) is 17.9. The number of pyridine rings is 1. The van der Waals surface area contributed by atoms with Gasteiger partial charge in [0.25, 0.3) is 0 Å². The highest BCUT2D eigenvalue weighted by atomic mass is 19.4. The second kappa shape index (κ2) is 5.46.